The largest absolute Gasteiger partial charge is 0.447 e. The van der Waals surface area contributed by atoms with Gasteiger partial charge < -0.3 is 14.7 Å². The minimum absolute atomic E-state index is 0.0246. The molecule has 0 aromatic heterocycles. The number of nitrogens with zero attached hydrogens (tertiary/aromatic N) is 1. The van der Waals surface area contributed by atoms with E-state index >= 15 is 0 Å². The smallest absolute Gasteiger partial charge is 0.409 e. The van der Waals surface area contributed by atoms with Crippen molar-refractivity contribution >= 4 is 17.9 Å². The van der Waals surface area contributed by atoms with Gasteiger partial charge in [0, 0.05) is 24.7 Å². The molecule has 94 valence electrons. The van der Waals surface area contributed by atoms with Crippen LogP contribution in [0.1, 0.15) is 0 Å². The number of carbonyl (C=O) groups is 1. The molecule has 1 N–H and O–H groups in total. The average molecular weight is 255 g/mol. The van der Waals surface area contributed by atoms with Crippen molar-refractivity contribution in [1.29, 1.82) is 0 Å². The molecular formula is C12H17NO3S. The Morgan fingerprint density at radius 1 is 1.41 bits per heavy atom. The molecule has 1 atom stereocenters. The van der Waals surface area contributed by atoms with Gasteiger partial charge in [-0.25, -0.2) is 4.79 Å². The summed E-state index contributed by atoms with van der Waals surface area (Å²) < 4.78 is 4.88. The SMILES string of the molecule is CN(C)C(=O)OCC(O)CSc1ccccc1. The Hall–Kier alpha value is -1.20. The fourth-order valence-corrected chi connectivity index (χ4v) is 1.88. The maximum Gasteiger partial charge on any atom is 0.409 e. The number of carbonyl (C=O) groups excluding carboxylic acids is 1. The topological polar surface area (TPSA) is 49.8 Å². The van der Waals surface area contributed by atoms with E-state index in [4.69, 9.17) is 4.74 Å². The van der Waals surface area contributed by atoms with Gasteiger partial charge in [0.1, 0.15) is 6.61 Å². The Balaban J connectivity index is 2.22. The molecule has 5 heteroatoms. The number of aliphatic hydroxyl groups excluding tert-OH is 1. The van der Waals surface area contributed by atoms with E-state index < -0.39 is 12.2 Å². The van der Waals surface area contributed by atoms with Crippen LogP contribution in [-0.4, -0.2) is 48.7 Å². The molecule has 1 unspecified atom stereocenters. The third-order valence-electron chi connectivity index (χ3n) is 1.95. The number of thioether (sulfide) groups is 1. The lowest BCUT2D eigenvalue weighted by Crippen LogP contribution is -2.27. The number of hydrogen-bond donors (Lipinski definition) is 1. The summed E-state index contributed by atoms with van der Waals surface area (Å²) >= 11 is 1.53. The molecule has 0 radical (unpaired) electrons. The van der Waals surface area contributed by atoms with Crippen LogP contribution in [0.3, 0.4) is 0 Å². The molecule has 0 saturated heterocycles. The molecule has 0 aliphatic heterocycles. The van der Waals surface area contributed by atoms with Crippen LogP contribution in [0.25, 0.3) is 0 Å². The minimum Gasteiger partial charge on any atom is -0.447 e. The zero-order valence-corrected chi connectivity index (χ0v) is 10.8. The Kier molecular flexibility index (Phi) is 5.86. The standard InChI is InChI=1S/C12H17NO3S/c1-13(2)12(15)16-8-10(14)9-17-11-6-4-3-5-7-11/h3-7,10,14H,8-9H2,1-2H3. The highest BCUT2D eigenvalue weighted by Gasteiger charge is 2.10. The van der Waals surface area contributed by atoms with Gasteiger partial charge in [0.2, 0.25) is 0 Å². The van der Waals surface area contributed by atoms with Crippen LogP contribution in [0.15, 0.2) is 35.2 Å². The number of amides is 1. The van der Waals surface area contributed by atoms with E-state index in [-0.39, 0.29) is 6.61 Å². The van der Waals surface area contributed by atoms with Gasteiger partial charge in [-0.05, 0) is 12.1 Å². The van der Waals surface area contributed by atoms with E-state index in [1.807, 2.05) is 30.3 Å². The zero-order valence-electron chi connectivity index (χ0n) is 10.00. The van der Waals surface area contributed by atoms with E-state index in [9.17, 15) is 9.90 Å². The van der Waals surface area contributed by atoms with Crippen LogP contribution in [-0.2, 0) is 4.74 Å². The Morgan fingerprint density at radius 2 is 2.06 bits per heavy atom. The first-order valence-electron chi connectivity index (χ1n) is 5.29. The van der Waals surface area contributed by atoms with Crippen molar-refractivity contribution in [1.82, 2.24) is 4.90 Å². The summed E-state index contributed by atoms with van der Waals surface area (Å²) in [4.78, 5) is 13.5. The number of rotatable bonds is 5. The first-order valence-corrected chi connectivity index (χ1v) is 6.28. The normalized spacial score (nSPS) is 11.9. The van der Waals surface area contributed by atoms with Crippen molar-refractivity contribution in [2.24, 2.45) is 0 Å². The highest BCUT2D eigenvalue weighted by molar-refractivity contribution is 7.99. The van der Waals surface area contributed by atoms with Crippen molar-refractivity contribution in [3.8, 4) is 0 Å². The van der Waals surface area contributed by atoms with Crippen molar-refractivity contribution < 1.29 is 14.6 Å². The maximum absolute atomic E-state index is 11.1. The Morgan fingerprint density at radius 3 is 2.65 bits per heavy atom. The first kappa shape index (κ1) is 13.9. The zero-order chi connectivity index (χ0) is 12.7. The molecular weight excluding hydrogens is 238 g/mol. The van der Waals surface area contributed by atoms with Gasteiger partial charge >= 0.3 is 6.09 Å². The monoisotopic (exact) mass is 255 g/mol. The molecule has 1 amide bonds. The summed E-state index contributed by atoms with van der Waals surface area (Å²) in [6, 6.07) is 9.79. The lowest BCUT2D eigenvalue weighted by atomic mass is 10.4. The van der Waals surface area contributed by atoms with E-state index in [1.165, 1.54) is 16.7 Å². The summed E-state index contributed by atoms with van der Waals surface area (Å²) in [6.45, 7) is 0.0246. The third-order valence-corrected chi connectivity index (χ3v) is 3.11. The van der Waals surface area contributed by atoms with Crippen molar-refractivity contribution in [2.75, 3.05) is 26.5 Å². The second-order valence-electron chi connectivity index (χ2n) is 3.75. The summed E-state index contributed by atoms with van der Waals surface area (Å²) in [5.74, 6) is 0.505. The van der Waals surface area contributed by atoms with Crippen LogP contribution in [0.4, 0.5) is 4.79 Å². The van der Waals surface area contributed by atoms with E-state index in [0.717, 1.165) is 4.90 Å². The highest BCUT2D eigenvalue weighted by Crippen LogP contribution is 2.17. The van der Waals surface area contributed by atoms with E-state index in [2.05, 4.69) is 0 Å². The second-order valence-corrected chi connectivity index (χ2v) is 4.84. The molecule has 0 saturated carbocycles. The summed E-state index contributed by atoms with van der Waals surface area (Å²) in [5, 5.41) is 9.62. The predicted molar refractivity (Wildman–Crippen MR) is 68.2 cm³/mol. The van der Waals surface area contributed by atoms with Crippen LogP contribution >= 0.6 is 11.8 Å². The van der Waals surface area contributed by atoms with Gasteiger partial charge in [0.15, 0.2) is 0 Å². The summed E-state index contributed by atoms with van der Waals surface area (Å²) in [5.41, 5.74) is 0. The van der Waals surface area contributed by atoms with Crippen molar-refractivity contribution in [3.05, 3.63) is 30.3 Å². The molecule has 1 rings (SSSR count). The van der Waals surface area contributed by atoms with Crippen LogP contribution < -0.4 is 0 Å². The summed E-state index contributed by atoms with van der Waals surface area (Å²) in [6.07, 6.45) is -1.09. The van der Waals surface area contributed by atoms with Crippen molar-refractivity contribution in [2.45, 2.75) is 11.0 Å². The molecule has 1 aromatic carbocycles. The Bertz CT molecular complexity index is 343. The molecule has 0 bridgehead atoms. The van der Waals surface area contributed by atoms with Gasteiger partial charge in [-0.2, -0.15) is 0 Å². The molecule has 1 aromatic rings. The minimum atomic E-state index is -0.649. The highest BCUT2D eigenvalue weighted by atomic mass is 32.2. The van der Waals surface area contributed by atoms with E-state index in [1.54, 1.807) is 14.1 Å². The fourth-order valence-electron chi connectivity index (χ4n) is 1.05. The number of benzene rings is 1. The molecule has 17 heavy (non-hydrogen) atoms. The molecule has 0 aliphatic rings. The molecule has 0 heterocycles. The third kappa shape index (κ3) is 5.60. The number of hydrogen-bond acceptors (Lipinski definition) is 4. The molecule has 4 nitrogen and oxygen atoms in total. The first-order chi connectivity index (χ1) is 8.09. The lowest BCUT2D eigenvalue weighted by Gasteiger charge is -2.14. The number of ether oxygens (including phenoxy) is 1. The van der Waals surface area contributed by atoms with Crippen LogP contribution in [0.5, 0.6) is 0 Å². The summed E-state index contributed by atoms with van der Waals surface area (Å²) in [7, 11) is 3.21. The maximum atomic E-state index is 11.1. The van der Waals surface area contributed by atoms with Gasteiger partial charge in [-0.3, -0.25) is 0 Å². The van der Waals surface area contributed by atoms with E-state index in [0.29, 0.717) is 5.75 Å². The lowest BCUT2D eigenvalue weighted by molar-refractivity contribution is 0.0653. The average Bonchev–Trinajstić information content (AvgIpc) is 2.34. The van der Waals surface area contributed by atoms with Gasteiger partial charge in [-0.15, -0.1) is 11.8 Å². The number of aliphatic hydroxyl groups is 1. The van der Waals surface area contributed by atoms with Gasteiger partial charge in [0.25, 0.3) is 0 Å². The molecule has 0 spiro atoms. The fraction of sp³-hybridized carbons (Fsp3) is 0.417. The van der Waals surface area contributed by atoms with Crippen LogP contribution in [0.2, 0.25) is 0 Å². The van der Waals surface area contributed by atoms with Crippen LogP contribution in [0, 0.1) is 0 Å². The molecule has 0 aliphatic carbocycles. The molecule has 0 fully saturated rings. The second kappa shape index (κ2) is 7.19. The van der Waals surface area contributed by atoms with Gasteiger partial charge in [-0.1, -0.05) is 18.2 Å². The van der Waals surface area contributed by atoms with Gasteiger partial charge in [0.05, 0.1) is 6.10 Å². The quantitative estimate of drug-likeness (QED) is 0.816. The van der Waals surface area contributed by atoms with Crippen molar-refractivity contribution in [3.63, 3.8) is 0 Å². The predicted octanol–water partition coefficient (Wildman–Crippen LogP) is 1.84. The Labute approximate surface area is 106 Å².